The molecule has 7 heteroatoms. The van der Waals surface area contributed by atoms with Gasteiger partial charge < -0.3 is 20.1 Å². The van der Waals surface area contributed by atoms with E-state index in [4.69, 9.17) is 20.6 Å². The fraction of sp³-hybridized carbons (Fsp3) is 0.500. The number of nitrogen functional groups attached to an aromatic ring is 1. The summed E-state index contributed by atoms with van der Waals surface area (Å²) in [4.78, 5) is 18.2. The zero-order valence-electron chi connectivity index (χ0n) is 21.1. The Morgan fingerprint density at radius 3 is 2.51 bits per heavy atom. The molecule has 3 atom stereocenters. The summed E-state index contributed by atoms with van der Waals surface area (Å²) in [5, 5.41) is 7.81. The van der Waals surface area contributed by atoms with Crippen molar-refractivity contribution in [1.82, 2.24) is 4.90 Å². The number of hydrogen-bond donors (Lipinski definition) is 2. The number of rotatable bonds is 9. The van der Waals surface area contributed by atoms with Gasteiger partial charge in [0.1, 0.15) is 17.3 Å². The van der Waals surface area contributed by atoms with Gasteiger partial charge in [-0.1, -0.05) is 25.0 Å². The highest BCUT2D eigenvalue weighted by molar-refractivity contribution is 6.01. The van der Waals surface area contributed by atoms with Crippen molar-refractivity contribution >= 4 is 17.4 Å². The number of carbonyl (C=O) groups is 1. The lowest BCUT2D eigenvalue weighted by atomic mass is 9.97. The maximum absolute atomic E-state index is 13.7. The summed E-state index contributed by atoms with van der Waals surface area (Å²) in [5.41, 5.74) is 7.62. The van der Waals surface area contributed by atoms with Crippen LogP contribution in [0.15, 0.2) is 42.5 Å². The van der Waals surface area contributed by atoms with Crippen molar-refractivity contribution in [2.75, 3.05) is 25.1 Å². The molecule has 0 aromatic heterocycles. The van der Waals surface area contributed by atoms with E-state index in [0.717, 1.165) is 31.5 Å². The van der Waals surface area contributed by atoms with Crippen molar-refractivity contribution < 1.29 is 14.3 Å². The Labute approximate surface area is 208 Å². The van der Waals surface area contributed by atoms with Crippen LogP contribution in [0, 0.1) is 5.41 Å². The van der Waals surface area contributed by atoms with Crippen molar-refractivity contribution in [2.45, 2.75) is 70.6 Å². The number of anilines is 1. The summed E-state index contributed by atoms with van der Waals surface area (Å²) < 4.78 is 11.7. The highest BCUT2D eigenvalue weighted by atomic mass is 16.5. The summed E-state index contributed by atoms with van der Waals surface area (Å²) in [5.74, 6) is 1.02. The lowest BCUT2D eigenvalue weighted by molar-refractivity contribution is -0.126. The van der Waals surface area contributed by atoms with Gasteiger partial charge in [-0.15, -0.1) is 0 Å². The van der Waals surface area contributed by atoms with Crippen LogP contribution in [-0.4, -0.2) is 48.9 Å². The smallest absolute Gasteiger partial charge is 0.273 e. The summed E-state index contributed by atoms with van der Waals surface area (Å²) in [7, 11) is 1.56. The predicted octanol–water partition coefficient (Wildman–Crippen LogP) is 4.88. The average Bonchev–Trinajstić information content (AvgIpc) is 2.85. The molecule has 2 aliphatic heterocycles. The van der Waals surface area contributed by atoms with E-state index in [1.54, 1.807) is 25.3 Å². The Kier molecular flexibility index (Phi) is 7.96. The fourth-order valence-corrected chi connectivity index (χ4v) is 5.41. The van der Waals surface area contributed by atoms with Gasteiger partial charge in [0.05, 0.1) is 12.8 Å². The van der Waals surface area contributed by atoms with E-state index in [1.807, 2.05) is 29.2 Å². The second-order valence-electron chi connectivity index (χ2n) is 9.75. The van der Waals surface area contributed by atoms with E-state index in [1.165, 1.54) is 19.3 Å². The molecule has 0 saturated carbocycles. The molecule has 1 saturated heterocycles. The van der Waals surface area contributed by atoms with Crippen LogP contribution < -0.4 is 20.1 Å². The number of para-hydroxylation sites is 2. The topological polar surface area (TPSA) is 91.9 Å². The number of amides is 1. The Bertz CT molecular complexity index is 1050. The van der Waals surface area contributed by atoms with Crippen LogP contribution in [-0.2, 0) is 4.79 Å². The summed E-state index contributed by atoms with van der Waals surface area (Å²) in [6.07, 6.45) is 6.18. The molecule has 2 aliphatic rings. The molecule has 1 amide bonds. The van der Waals surface area contributed by atoms with E-state index in [-0.39, 0.29) is 11.7 Å². The van der Waals surface area contributed by atoms with Crippen LogP contribution in [0.25, 0.3) is 0 Å². The quantitative estimate of drug-likeness (QED) is 0.304. The third kappa shape index (κ3) is 5.45. The number of benzene rings is 2. The van der Waals surface area contributed by atoms with Gasteiger partial charge in [0.25, 0.3) is 5.91 Å². The molecular formula is C28H38N4O3. The molecule has 0 aliphatic carbocycles. The summed E-state index contributed by atoms with van der Waals surface area (Å²) in [6, 6.07) is 14.2. The SMILES string of the molecule is COc1ccc(C(=N)N)cc1C1Oc2ccccc2N(CCCCCN2[C@H](C)CCC[C@@H]2C)C1=O. The highest BCUT2D eigenvalue weighted by Gasteiger charge is 2.37. The number of nitrogens with two attached hydrogens (primary N) is 1. The van der Waals surface area contributed by atoms with Gasteiger partial charge in [0, 0.05) is 29.8 Å². The number of carbonyl (C=O) groups excluding carboxylic acids is 1. The number of nitrogens with zero attached hydrogens (tertiary/aromatic N) is 2. The number of ether oxygens (including phenoxy) is 2. The minimum atomic E-state index is -0.853. The van der Waals surface area contributed by atoms with Gasteiger partial charge in [0.15, 0.2) is 0 Å². The van der Waals surface area contributed by atoms with Crippen LogP contribution in [0.2, 0.25) is 0 Å². The fourth-order valence-electron chi connectivity index (χ4n) is 5.41. The number of likely N-dealkylation sites (tertiary alicyclic amines) is 1. The van der Waals surface area contributed by atoms with E-state index in [0.29, 0.717) is 41.3 Å². The molecule has 0 radical (unpaired) electrons. The van der Waals surface area contributed by atoms with E-state index < -0.39 is 6.10 Å². The number of amidine groups is 1. The van der Waals surface area contributed by atoms with Crippen molar-refractivity contribution in [3.8, 4) is 11.5 Å². The molecule has 4 rings (SSSR count). The second kappa shape index (κ2) is 11.1. The van der Waals surface area contributed by atoms with Gasteiger partial charge in [-0.3, -0.25) is 15.1 Å². The molecule has 0 bridgehead atoms. The minimum absolute atomic E-state index is 0.0632. The van der Waals surface area contributed by atoms with Crippen LogP contribution in [0.5, 0.6) is 11.5 Å². The first kappa shape index (κ1) is 25.0. The first-order chi connectivity index (χ1) is 16.9. The average molecular weight is 479 g/mol. The minimum Gasteiger partial charge on any atom is -0.496 e. The van der Waals surface area contributed by atoms with E-state index in [9.17, 15) is 4.79 Å². The Morgan fingerprint density at radius 2 is 1.80 bits per heavy atom. The largest absolute Gasteiger partial charge is 0.496 e. The molecule has 188 valence electrons. The lowest BCUT2D eigenvalue weighted by Crippen LogP contribution is -2.44. The van der Waals surface area contributed by atoms with Crippen molar-refractivity contribution in [3.05, 3.63) is 53.6 Å². The van der Waals surface area contributed by atoms with Gasteiger partial charge in [-0.2, -0.15) is 0 Å². The van der Waals surface area contributed by atoms with E-state index >= 15 is 0 Å². The number of fused-ring (bicyclic) bond motifs is 1. The van der Waals surface area contributed by atoms with Gasteiger partial charge in [0.2, 0.25) is 6.10 Å². The van der Waals surface area contributed by atoms with Crippen LogP contribution in [0.3, 0.4) is 0 Å². The number of nitrogens with one attached hydrogen (secondary N) is 1. The van der Waals surface area contributed by atoms with Crippen molar-refractivity contribution in [3.63, 3.8) is 0 Å². The molecule has 2 heterocycles. The molecule has 0 spiro atoms. The number of methoxy groups -OCH3 is 1. The summed E-state index contributed by atoms with van der Waals surface area (Å²) in [6.45, 7) is 6.44. The third-order valence-electron chi connectivity index (χ3n) is 7.39. The normalized spacial score (nSPS) is 22.4. The maximum Gasteiger partial charge on any atom is 0.273 e. The highest BCUT2D eigenvalue weighted by Crippen LogP contribution is 2.41. The molecule has 1 unspecified atom stereocenters. The monoisotopic (exact) mass is 478 g/mol. The molecular weight excluding hydrogens is 440 g/mol. The van der Waals surface area contributed by atoms with Crippen molar-refractivity contribution in [2.24, 2.45) is 5.73 Å². The van der Waals surface area contributed by atoms with Gasteiger partial charge >= 0.3 is 0 Å². The van der Waals surface area contributed by atoms with Crippen molar-refractivity contribution in [1.29, 1.82) is 5.41 Å². The molecule has 2 aromatic rings. The first-order valence-electron chi connectivity index (χ1n) is 12.8. The Hall–Kier alpha value is -3.06. The molecule has 7 nitrogen and oxygen atoms in total. The predicted molar refractivity (Wildman–Crippen MR) is 140 cm³/mol. The molecule has 2 aromatic carbocycles. The zero-order chi connectivity index (χ0) is 24.9. The Morgan fingerprint density at radius 1 is 1.09 bits per heavy atom. The Balaban J connectivity index is 1.47. The summed E-state index contributed by atoms with van der Waals surface area (Å²) >= 11 is 0. The van der Waals surface area contributed by atoms with Crippen LogP contribution in [0.4, 0.5) is 5.69 Å². The van der Waals surface area contributed by atoms with Gasteiger partial charge in [-0.05, 0) is 76.4 Å². The number of piperidine rings is 1. The molecule has 3 N–H and O–H groups in total. The maximum atomic E-state index is 13.7. The standard InChI is InChI=1S/C28H38N4O3/c1-19-10-9-11-20(2)31(19)16-7-4-8-17-32-23-12-5-6-13-25(23)35-26(28(32)33)22-18-21(27(29)30)14-15-24(22)34-3/h5-6,12-15,18-20,26H,4,7-11,16-17H2,1-3H3,(H3,29,30)/t19-,20+,26?. The lowest BCUT2D eigenvalue weighted by Gasteiger charge is -2.39. The second-order valence-corrected chi connectivity index (χ2v) is 9.75. The van der Waals surface area contributed by atoms with Crippen LogP contribution in [0.1, 0.15) is 69.6 Å². The molecule has 1 fully saturated rings. The number of hydrogen-bond acceptors (Lipinski definition) is 5. The van der Waals surface area contributed by atoms with Gasteiger partial charge in [-0.25, -0.2) is 0 Å². The zero-order valence-corrected chi connectivity index (χ0v) is 21.1. The molecule has 35 heavy (non-hydrogen) atoms. The third-order valence-corrected chi connectivity index (χ3v) is 7.39. The van der Waals surface area contributed by atoms with Crippen LogP contribution >= 0.6 is 0 Å². The van der Waals surface area contributed by atoms with E-state index in [2.05, 4.69) is 18.7 Å². The first-order valence-corrected chi connectivity index (χ1v) is 12.8. The number of unbranched alkanes of at least 4 members (excludes halogenated alkanes) is 2.